The van der Waals surface area contributed by atoms with E-state index in [0.29, 0.717) is 24.8 Å². The number of carbonyl (C=O) groups excluding carboxylic acids is 1. The van der Waals surface area contributed by atoms with Gasteiger partial charge in [0.2, 0.25) is 5.89 Å². The van der Waals surface area contributed by atoms with Gasteiger partial charge in [-0.05, 0) is 18.1 Å². The third-order valence-corrected chi connectivity index (χ3v) is 3.34. The van der Waals surface area contributed by atoms with Gasteiger partial charge in [-0.3, -0.25) is 4.79 Å². The van der Waals surface area contributed by atoms with E-state index in [2.05, 4.69) is 25.8 Å². The Hall–Kier alpha value is -3.03. The van der Waals surface area contributed by atoms with E-state index in [1.54, 1.807) is 13.1 Å². The third kappa shape index (κ3) is 3.60. The molecule has 0 radical (unpaired) electrons. The molecule has 0 aliphatic rings. The number of carbonyl (C=O) groups is 1. The van der Waals surface area contributed by atoms with Crippen LogP contribution in [0.3, 0.4) is 0 Å². The van der Waals surface area contributed by atoms with E-state index in [1.165, 1.54) is 4.68 Å². The lowest BCUT2D eigenvalue weighted by Crippen LogP contribution is -2.23. The van der Waals surface area contributed by atoms with Crippen molar-refractivity contribution < 1.29 is 9.32 Å². The molecular weight excluding hydrogens is 296 g/mol. The van der Waals surface area contributed by atoms with Gasteiger partial charge in [0.05, 0.1) is 6.20 Å². The van der Waals surface area contributed by atoms with Crippen molar-refractivity contribution in [3.63, 3.8) is 0 Å². The average molecular weight is 312 g/mol. The van der Waals surface area contributed by atoms with Gasteiger partial charge < -0.3 is 9.84 Å². The van der Waals surface area contributed by atoms with Crippen molar-refractivity contribution in [2.24, 2.45) is 0 Å². The highest BCUT2D eigenvalue weighted by Crippen LogP contribution is 2.06. The van der Waals surface area contributed by atoms with E-state index < -0.39 is 0 Å². The first kappa shape index (κ1) is 14.9. The van der Waals surface area contributed by atoms with E-state index in [9.17, 15) is 4.79 Å². The lowest BCUT2D eigenvalue weighted by atomic mass is 10.1. The molecule has 3 rings (SSSR count). The molecule has 1 N–H and O–H groups in total. The summed E-state index contributed by atoms with van der Waals surface area (Å²) in [7, 11) is 0. The molecule has 0 spiro atoms. The first-order valence-corrected chi connectivity index (χ1v) is 7.14. The first-order valence-electron chi connectivity index (χ1n) is 7.14. The van der Waals surface area contributed by atoms with E-state index in [4.69, 9.17) is 4.52 Å². The SMILES string of the molecule is Cc1nc(Cn2cc(C(=O)NCc3ccccc3C)nn2)no1. The molecule has 0 bridgehead atoms. The van der Waals surface area contributed by atoms with Crippen LogP contribution in [0.25, 0.3) is 0 Å². The monoisotopic (exact) mass is 312 g/mol. The van der Waals surface area contributed by atoms with E-state index in [-0.39, 0.29) is 11.6 Å². The molecule has 2 heterocycles. The number of hydrogen-bond donors (Lipinski definition) is 1. The predicted octanol–water partition coefficient (Wildman–Crippen LogP) is 1.26. The Morgan fingerprint density at radius 2 is 2.13 bits per heavy atom. The Labute approximate surface area is 132 Å². The Bertz CT molecular complexity index is 823. The van der Waals surface area contributed by atoms with Gasteiger partial charge in [0, 0.05) is 13.5 Å². The molecule has 3 aromatic rings. The minimum absolute atomic E-state index is 0.249. The molecular formula is C15H16N6O2. The molecule has 0 saturated carbocycles. The van der Waals surface area contributed by atoms with Crippen molar-refractivity contribution in [1.29, 1.82) is 0 Å². The van der Waals surface area contributed by atoms with Crippen LogP contribution < -0.4 is 5.32 Å². The maximum atomic E-state index is 12.1. The molecule has 0 saturated heterocycles. The predicted molar refractivity (Wildman–Crippen MR) is 80.5 cm³/mol. The van der Waals surface area contributed by atoms with Crippen molar-refractivity contribution in [1.82, 2.24) is 30.5 Å². The molecule has 1 amide bonds. The van der Waals surface area contributed by atoms with Gasteiger partial charge >= 0.3 is 0 Å². The van der Waals surface area contributed by atoms with Gasteiger partial charge in [0.1, 0.15) is 6.54 Å². The number of aromatic nitrogens is 5. The average Bonchev–Trinajstić information content (AvgIpc) is 3.16. The van der Waals surface area contributed by atoms with Crippen LogP contribution in [0.15, 0.2) is 35.0 Å². The molecule has 118 valence electrons. The zero-order valence-electron chi connectivity index (χ0n) is 12.9. The Balaban J connectivity index is 1.61. The van der Waals surface area contributed by atoms with Crippen LogP contribution >= 0.6 is 0 Å². The molecule has 8 nitrogen and oxygen atoms in total. The van der Waals surface area contributed by atoms with Crippen molar-refractivity contribution in [3.05, 3.63) is 59.0 Å². The van der Waals surface area contributed by atoms with Crippen LogP contribution in [-0.2, 0) is 13.1 Å². The normalized spacial score (nSPS) is 10.7. The molecule has 0 fully saturated rings. The van der Waals surface area contributed by atoms with Crippen LogP contribution in [0.4, 0.5) is 0 Å². The fourth-order valence-corrected chi connectivity index (χ4v) is 2.10. The first-order chi connectivity index (χ1) is 11.1. The minimum atomic E-state index is -0.274. The highest BCUT2D eigenvalue weighted by Gasteiger charge is 2.12. The van der Waals surface area contributed by atoms with Crippen LogP contribution in [0.2, 0.25) is 0 Å². The van der Waals surface area contributed by atoms with Crippen molar-refractivity contribution >= 4 is 5.91 Å². The van der Waals surface area contributed by atoms with Gasteiger partial charge in [-0.1, -0.05) is 34.6 Å². The summed E-state index contributed by atoms with van der Waals surface area (Å²) in [6, 6.07) is 7.89. The summed E-state index contributed by atoms with van der Waals surface area (Å²) < 4.78 is 6.38. The topological polar surface area (TPSA) is 98.7 Å². The maximum absolute atomic E-state index is 12.1. The van der Waals surface area contributed by atoms with Gasteiger partial charge in [0.15, 0.2) is 11.5 Å². The lowest BCUT2D eigenvalue weighted by Gasteiger charge is -2.06. The van der Waals surface area contributed by atoms with E-state index in [0.717, 1.165) is 11.1 Å². The smallest absolute Gasteiger partial charge is 0.273 e. The number of hydrogen-bond acceptors (Lipinski definition) is 6. The molecule has 8 heteroatoms. The second-order valence-corrected chi connectivity index (χ2v) is 5.14. The summed E-state index contributed by atoms with van der Waals surface area (Å²) in [6.07, 6.45) is 1.55. The number of benzene rings is 1. The minimum Gasteiger partial charge on any atom is -0.347 e. The van der Waals surface area contributed by atoms with E-state index in [1.807, 2.05) is 31.2 Å². The van der Waals surface area contributed by atoms with Crippen molar-refractivity contribution in [2.45, 2.75) is 26.9 Å². The van der Waals surface area contributed by atoms with E-state index >= 15 is 0 Å². The molecule has 1 aromatic carbocycles. The fraction of sp³-hybridized carbons (Fsp3) is 0.267. The van der Waals surface area contributed by atoms with Gasteiger partial charge in [-0.15, -0.1) is 5.10 Å². The molecule has 0 unspecified atom stereocenters. The summed E-state index contributed by atoms with van der Waals surface area (Å²) in [4.78, 5) is 16.2. The second-order valence-electron chi connectivity index (χ2n) is 5.14. The Morgan fingerprint density at radius 1 is 1.30 bits per heavy atom. The summed E-state index contributed by atoms with van der Waals surface area (Å²) in [5.74, 6) is 0.694. The number of amides is 1. The molecule has 23 heavy (non-hydrogen) atoms. The lowest BCUT2D eigenvalue weighted by molar-refractivity contribution is 0.0946. The number of nitrogens with zero attached hydrogens (tertiary/aromatic N) is 5. The summed E-state index contributed by atoms with van der Waals surface area (Å²) in [6.45, 7) is 4.46. The Morgan fingerprint density at radius 3 is 2.87 bits per heavy atom. The van der Waals surface area contributed by atoms with Gasteiger partial charge in [-0.25, -0.2) is 4.68 Å². The van der Waals surface area contributed by atoms with Gasteiger partial charge in [0.25, 0.3) is 5.91 Å². The van der Waals surface area contributed by atoms with Crippen molar-refractivity contribution in [2.75, 3.05) is 0 Å². The largest absolute Gasteiger partial charge is 0.347 e. The zero-order chi connectivity index (χ0) is 16.2. The Kier molecular flexibility index (Phi) is 4.13. The summed E-state index contributed by atoms with van der Waals surface area (Å²) in [5, 5.41) is 14.4. The number of rotatable bonds is 5. The maximum Gasteiger partial charge on any atom is 0.273 e. The quantitative estimate of drug-likeness (QED) is 0.761. The van der Waals surface area contributed by atoms with Gasteiger partial charge in [-0.2, -0.15) is 4.98 Å². The van der Waals surface area contributed by atoms with Crippen LogP contribution in [0.5, 0.6) is 0 Å². The van der Waals surface area contributed by atoms with Crippen LogP contribution in [0, 0.1) is 13.8 Å². The number of nitrogens with one attached hydrogen (secondary N) is 1. The molecule has 0 aliphatic carbocycles. The van der Waals surface area contributed by atoms with Crippen LogP contribution in [0.1, 0.15) is 33.3 Å². The second kappa shape index (κ2) is 6.39. The third-order valence-electron chi connectivity index (χ3n) is 3.34. The molecule has 0 aliphatic heterocycles. The highest BCUT2D eigenvalue weighted by molar-refractivity contribution is 5.91. The summed E-state index contributed by atoms with van der Waals surface area (Å²) >= 11 is 0. The molecule has 2 aromatic heterocycles. The van der Waals surface area contributed by atoms with Crippen molar-refractivity contribution in [3.8, 4) is 0 Å². The van der Waals surface area contributed by atoms with Crippen LogP contribution in [-0.4, -0.2) is 31.0 Å². The standard InChI is InChI=1S/C15H16N6O2/c1-10-5-3-4-6-12(10)7-16-15(22)13-8-21(20-18-13)9-14-17-11(2)23-19-14/h3-6,8H,7,9H2,1-2H3,(H,16,22). The fourth-order valence-electron chi connectivity index (χ4n) is 2.10. The summed E-state index contributed by atoms with van der Waals surface area (Å²) in [5.41, 5.74) is 2.44. The molecule has 0 atom stereocenters. The zero-order valence-corrected chi connectivity index (χ0v) is 12.9. The number of aryl methyl sites for hydroxylation is 2. The highest BCUT2D eigenvalue weighted by atomic mass is 16.5.